The lowest BCUT2D eigenvalue weighted by Crippen LogP contribution is -2.21. The number of carbonyl (C=O) groups excluding carboxylic acids is 1. The van der Waals surface area contributed by atoms with E-state index in [1.165, 1.54) is 0 Å². The van der Waals surface area contributed by atoms with E-state index < -0.39 is 10.9 Å². The van der Waals surface area contributed by atoms with Gasteiger partial charge in [0.1, 0.15) is 4.83 Å². The number of rotatable bonds is 7. The van der Waals surface area contributed by atoms with Crippen molar-refractivity contribution >= 4 is 21.9 Å². The molecule has 2 aromatic rings. The second kappa shape index (κ2) is 8.71. The average molecular weight is 363 g/mol. The molecule has 22 heavy (non-hydrogen) atoms. The van der Waals surface area contributed by atoms with E-state index in [0.29, 0.717) is 12.8 Å². The number of esters is 1. The van der Waals surface area contributed by atoms with E-state index in [-0.39, 0.29) is 12.6 Å². The Bertz CT molecular complexity index is 532. The molecule has 0 aromatic heterocycles. The molecule has 0 saturated heterocycles. The van der Waals surface area contributed by atoms with Crippen molar-refractivity contribution in [2.24, 2.45) is 0 Å². The molecule has 1 unspecified atom stereocenters. The molecule has 0 aliphatic carbocycles. The molecule has 0 amide bonds. The highest BCUT2D eigenvalue weighted by atomic mass is 79.9. The average Bonchev–Trinajstić information content (AvgIpc) is 2.58. The first-order chi connectivity index (χ1) is 10.7. The van der Waals surface area contributed by atoms with Gasteiger partial charge < -0.3 is 9.84 Å². The molecule has 0 fully saturated rings. The highest BCUT2D eigenvalue weighted by molar-refractivity contribution is 9.10. The van der Waals surface area contributed by atoms with Crippen LogP contribution in [0.4, 0.5) is 0 Å². The van der Waals surface area contributed by atoms with E-state index in [0.717, 1.165) is 11.1 Å². The topological polar surface area (TPSA) is 46.5 Å². The fourth-order valence-electron chi connectivity index (χ4n) is 2.16. The molecule has 2 aromatic carbocycles. The fourth-order valence-corrected chi connectivity index (χ4v) is 2.59. The van der Waals surface area contributed by atoms with Crippen LogP contribution in [0, 0.1) is 0 Å². The number of benzene rings is 2. The zero-order chi connectivity index (χ0) is 15.8. The van der Waals surface area contributed by atoms with Crippen LogP contribution in [0.15, 0.2) is 60.7 Å². The summed E-state index contributed by atoms with van der Waals surface area (Å²) in [4.78, 5) is 11.8. The summed E-state index contributed by atoms with van der Waals surface area (Å²) < 4.78 is 5.71. The third kappa shape index (κ3) is 4.68. The van der Waals surface area contributed by atoms with Gasteiger partial charge in [0, 0.05) is 6.61 Å². The summed E-state index contributed by atoms with van der Waals surface area (Å²) in [6.45, 7) is 0.0657. The van der Waals surface area contributed by atoms with Gasteiger partial charge in [0.15, 0.2) is 6.10 Å². The van der Waals surface area contributed by atoms with Crippen molar-refractivity contribution in [2.75, 3.05) is 6.61 Å². The number of hydrogen-bond donors (Lipinski definition) is 1. The summed E-state index contributed by atoms with van der Waals surface area (Å²) in [5, 5.41) is 8.86. The summed E-state index contributed by atoms with van der Waals surface area (Å²) in [6, 6.07) is 19.4. The number of carbonyl (C=O) groups is 1. The molecule has 116 valence electrons. The molecule has 0 spiro atoms. The van der Waals surface area contributed by atoms with E-state index in [1.807, 2.05) is 60.7 Å². The second-order valence-corrected chi connectivity index (χ2v) is 6.08. The lowest BCUT2D eigenvalue weighted by atomic mass is 10.0. The summed E-state index contributed by atoms with van der Waals surface area (Å²) in [6.07, 6.45) is 0.682. The maximum Gasteiger partial charge on any atom is 0.320 e. The van der Waals surface area contributed by atoms with Crippen LogP contribution in [0.5, 0.6) is 0 Å². The normalized spacial score (nSPS) is 12.1. The zero-order valence-electron chi connectivity index (χ0n) is 12.2. The van der Waals surface area contributed by atoms with Gasteiger partial charge in [-0.15, -0.1) is 0 Å². The third-order valence-corrected chi connectivity index (χ3v) is 4.14. The number of alkyl halides is 1. The lowest BCUT2D eigenvalue weighted by Gasteiger charge is -2.20. The van der Waals surface area contributed by atoms with E-state index in [1.54, 1.807) is 0 Å². The van der Waals surface area contributed by atoms with E-state index in [4.69, 9.17) is 9.84 Å². The molecule has 1 N–H and O–H groups in total. The first kappa shape index (κ1) is 16.7. The van der Waals surface area contributed by atoms with Crippen molar-refractivity contribution < 1.29 is 14.6 Å². The first-order valence-corrected chi connectivity index (χ1v) is 8.19. The molecule has 3 nitrogen and oxygen atoms in total. The number of ether oxygens (including phenoxy) is 1. The van der Waals surface area contributed by atoms with Crippen LogP contribution < -0.4 is 0 Å². The van der Waals surface area contributed by atoms with Gasteiger partial charge in [-0.25, -0.2) is 0 Å². The quantitative estimate of drug-likeness (QED) is 0.600. The Hall–Kier alpha value is -1.65. The minimum atomic E-state index is -0.427. The molecule has 4 heteroatoms. The Morgan fingerprint density at radius 3 is 1.95 bits per heavy atom. The van der Waals surface area contributed by atoms with Gasteiger partial charge in [-0.05, 0) is 24.0 Å². The number of aliphatic hydroxyl groups is 1. The highest BCUT2D eigenvalue weighted by Crippen LogP contribution is 2.27. The Labute approximate surface area is 139 Å². The van der Waals surface area contributed by atoms with Crippen molar-refractivity contribution in [3.8, 4) is 0 Å². The maximum absolute atomic E-state index is 12.3. The standard InChI is InChI=1S/C18H19BrO3/c19-16(12-7-13-20)18(21)22-17(14-8-3-1-4-9-14)15-10-5-2-6-11-15/h1-6,8-11,16-17,20H,7,12-13H2. The van der Waals surface area contributed by atoms with Crippen LogP contribution in [-0.2, 0) is 9.53 Å². The predicted molar refractivity (Wildman–Crippen MR) is 89.9 cm³/mol. The fraction of sp³-hybridized carbons (Fsp3) is 0.278. The predicted octanol–water partition coefficient (Wildman–Crippen LogP) is 3.86. The minimum Gasteiger partial charge on any atom is -0.452 e. The molecule has 0 aliphatic rings. The van der Waals surface area contributed by atoms with Gasteiger partial charge in [0.05, 0.1) is 0 Å². The molecule has 1 atom stereocenters. The minimum absolute atomic E-state index is 0.0657. The summed E-state index contributed by atoms with van der Waals surface area (Å²) >= 11 is 3.33. The van der Waals surface area contributed by atoms with E-state index in [2.05, 4.69) is 15.9 Å². The Balaban J connectivity index is 2.17. The van der Waals surface area contributed by atoms with Crippen molar-refractivity contribution in [3.63, 3.8) is 0 Å². The molecule has 0 radical (unpaired) electrons. The monoisotopic (exact) mass is 362 g/mol. The number of aliphatic hydroxyl groups excluding tert-OH is 1. The van der Waals surface area contributed by atoms with Gasteiger partial charge >= 0.3 is 5.97 Å². The zero-order valence-corrected chi connectivity index (χ0v) is 13.8. The molecule has 0 bridgehead atoms. The molecule has 0 heterocycles. The van der Waals surface area contributed by atoms with Gasteiger partial charge in [-0.2, -0.15) is 0 Å². The molecule has 2 rings (SSSR count). The van der Waals surface area contributed by atoms with Gasteiger partial charge in [-0.3, -0.25) is 4.79 Å². The summed E-state index contributed by atoms with van der Waals surface area (Å²) in [5.41, 5.74) is 1.87. The van der Waals surface area contributed by atoms with Gasteiger partial charge in [0.25, 0.3) is 0 Å². The van der Waals surface area contributed by atoms with Crippen LogP contribution in [0.25, 0.3) is 0 Å². The molecular weight excluding hydrogens is 344 g/mol. The van der Waals surface area contributed by atoms with Crippen LogP contribution in [0.3, 0.4) is 0 Å². The largest absolute Gasteiger partial charge is 0.452 e. The number of hydrogen-bond acceptors (Lipinski definition) is 3. The van der Waals surface area contributed by atoms with E-state index >= 15 is 0 Å². The molecule has 0 aliphatic heterocycles. The maximum atomic E-state index is 12.3. The smallest absolute Gasteiger partial charge is 0.320 e. The van der Waals surface area contributed by atoms with Crippen LogP contribution >= 0.6 is 15.9 Å². The van der Waals surface area contributed by atoms with Crippen LogP contribution in [-0.4, -0.2) is 22.5 Å². The Kier molecular flexibility index (Phi) is 6.62. The van der Waals surface area contributed by atoms with Gasteiger partial charge in [-0.1, -0.05) is 76.6 Å². The molecular formula is C18H19BrO3. The summed E-state index contributed by atoms with van der Waals surface area (Å²) in [5.74, 6) is -0.314. The second-order valence-electron chi connectivity index (χ2n) is 4.97. The highest BCUT2D eigenvalue weighted by Gasteiger charge is 2.23. The van der Waals surface area contributed by atoms with Crippen molar-refractivity contribution in [3.05, 3.63) is 71.8 Å². The third-order valence-electron chi connectivity index (χ3n) is 3.31. The first-order valence-electron chi connectivity index (χ1n) is 7.27. The summed E-state index contributed by atoms with van der Waals surface area (Å²) in [7, 11) is 0. The lowest BCUT2D eigenvalue weighted by molar-refractivity contribution is -0.146. The SMILES string of the molecule is O=C(OC(c1ccccc1)c1ccccc1)C(Br)CCCO. The molecule has 0 saturated carbocycles. The van der Waals surface area contributed by atoms with Crippen molar-refractivity contribution in [2.45, 2.75) is 23.8 Å². The number of halogens is 1. The van der Waals surface area contributed by atoms with Crippen molar-refractivity contribution in [1.82, 2.24) is 0 Å². The Morgan fingerprint density at radius 2 is 1.50 bits per heavy atom. The van der Waals surface area contributed by atoms with Crippen molar-refractivity contribution in [1.29, 1.82) is 0 Å². The van der Waals surface area contributed by atoms with Gasteiger partial charge in [0.2, 0.25) is 0 Å². The van der Waals surface area contributed by atoms with Crippen LogP contribution in [0.2, 0.25) is 0 Å². The van der Waals surface area contributed by atoms with E-state index in [9.17, 15) is 4.79 Å². The Morgan fingerprint density at radius 1 is 1.00 bits per heavy atom. The van der Waals surface area contributed by atoms with Crippen LogP contribution in [0.1, 0.15) is 30.1 Å².